The van der Waals surface area contributed by atoms with Crippen molar-refractivity contribution in [2.75, 3.05) is 18.2 Å². The number of pyridine rings is 1. The van der Waals surface area contributed by atoms with Gasteiger partial charge in [0.15, 0.2) is 5.43 Å². The van der Waals surface area contributed by atoms with Gasteiger partial charge in [-0.25, -0.2) is 0 Å². The maximum Gasteiger partial charge on any atom is 0.234 e. The lowest BCUT2D eigenvalue weighted by Gasteiger charge is -2.11. The fourth-order valence-electron chi connectivity index (χ4n) is 2.91. The van der Waals surface area contributed by atoms with E-state index in [1.165, 1.54) is 18.9 Å². The van der Waals surface area contributed by atoms with Gasteiger partial charge >= 0.3 is 0 Å². The van der Waals surface area contributed by atoms with Crippen molar-refractivity contribution < 1.29 is 9.53 Å². The van der Waals surface area contributed by atoms with Gasteiger partial charge in [0.1, 0.15) is 5.75 Å². The van der Waals surface area contributed by atoms with Crippen LogP contribution in [0, 0.1) is 13.8 Å². The van der Waals surface area contributed by atoms with E-state index in [9.17, 15) is 9.59 Å². The number of aryl methyl sites for hydroxylation is 2. The third-order valence-electron chi connectivity index (χ3n) is 4.52. The molecule has 0 saturated carbocycles. The number of aromatic nitrogens is 1. The van der Waals surface area contributed by atoms with Gasteiger partial charge in [-0.2, -0.15) is 0 Å². The number of ether oxygens (including phenoxy) is 1. The summed E-state index contributed by atoms with van der Waals surface area (Å²) in [6.07, 6.45) is 0. The Morgan fingerprint density at radius 2 is 2.00 bits per heavy atom. The molecule has 0 atom stereocenters. The molecule has 0 bridgehead atoms. The Morgan fingerprint density at radius 3 is 2.75 bits per heavy atom. The smallest absolute Gasteiger partial charge is 0.234 e. The van der Waals surface area contributed by atoms with Gasteiger partial charge in [0, 0.05) is 27.9 Å². The van der Waals surface area contributed by atoms with Crippen LogP contribution in [0.1, 0.15) is 16.8 Å². The molecule has 7 heteroatoms. The Bertz CT molecular complexity index is 1090. The molecule has 146 valence electrons. The molecule has 3 rings (SSSR count). The molecule has 28 heavy (non-hydrogen) atoms. The third-order valence-corrected chi connectivity index (χ3v) is 5.74. The zero-order valence-corrected chi connectivity index (χ0v) is 17.5. The van der Waals surface area contributed by atoms with Crippen LogP contribution in [0.15, 0.2) is 41.2 Å². The molecule has 0 aliphatic heterocycles. The first-order valence-corrected chi connectivity index (χ1v) is 10.3. The van der Waals surface area contributed by atoms with Crippen LogP contribution in [0.3, 0.4) is 0 Å². The summed E-state index contributed by atoms with van der Waals surface area (Å²) in [7, 11) is 1.54. The number of thioether (sulfide) groups is 1. The maximum absolute atomic E-state index is 12.4. The van der Waals surface area contributed by atoms with Crippen molar-refractivity contribution >= 4 is 45.9 Å². The molecular weight excluding hydrogens is 396 g/mol. The number of amides is 1. The lowest BCUT2D eigenvalue weighted by molar-refractivity contribution is -0.113. The molecule has 1 amide bonds. The van der Waals surface area contributed by atoms with Crippen molar-refractivity contribution in [2.45, 2.75) is 19.6 Å². The van der Waals surface area contributed by atoms with Gasteiger partial charge in [-0.05, 0) is 49.2 Å². The van der Waals surface area contributed by atoms with Crippen molar-refractivity contribution in [3.8, 4) is 5.75 Å². The minimum absolute atomic E-state index is 0.0134. The van der Waals surface area contributed by atoms with Crippen molar-refractivity contribution in [1.29, 1.82) is 0 Å². The average molecular weight is 417 g/mol. The van der Waals surface area contributed by atoms with Crippen LogP contribution < -0.4 is 15.5 Å². The first-order valence-electron chi connectivity index (χ1n) is 8.72. The van der Waals surface area contributed by atoms with E-state index in [1.54, 1.807) is 24.3 Å². The van der Waals surface area contributed by atoms with Gasteiger partial charge in [-0.1, -0.05) is 17.7 Å². The Kier molecular flexibility index (Phi) is 6.31. The van der Waals surface area contributed by atoms with E-state index in [-0.39, 0.29) is 17.1 Å². The third kappa shape index (κ3) is 4.51. The number of halogens is 1. The van der Waals surface area contributed by atoms with Crippen LogP contribution in [0.5, 0.6) is 5.75 Å². The second-order valence-electron chi connectivity index (χ2n) is 6.47. The van der Waals surface area contributed by atoms with Crippen LogP contribution in [-0.4, -0.2) is 23.8 Å². The highest BCUT2D eigenvalue weighted by molar-refractivity contribution is 7.99. The number of fused-ring (bicyclic) bond motifs is 1. The van der Waals surface area contributed by atoms with Crippen LogP contribution in [-0.2, 0) is 10.5 Å². The average Bonchev–Trinajstić information content (AvgIpc) is 2.65. The van der Waals surface area contributed by atoms with Crippen LogP contribution in [0.2, 0.25) is 5.02 Å². The number of carbonyl (C=O) groups is 1. The Morgan fingerprint density at radius 1 is 1.21 bits per heavy atom. The fraction of sp³-hybridized carbons (Fsp3) is 0.238. The van der Waals surface area contributed by atoms with E-state index < -0.39 is 0 Å². The minimum atomic E-state index is -0.166. The number of rotatable bonds is 6. The molecule has 2 N–H and O–H groups in total. The maximum atomic E-state index is 12.4. The molecule has 1 heterocycles. The van der Waals surface area contributed by atoms with E-state index in [0.29, 0.717) is 27.6 Å². The molecule has 0 radical (unpaired) electrons. The molecule has 3 aromatic rings. The lowest BCUT2D eigenvalue weighted by Crippen LogP contribution is -2.15. The summed E-state index contributed by atoms with van der Waals surface area (Å²) >= 11 is 7.40. The van der Waals surface area contributed by atoms with E-state index >= 15 is 0 Å². The minimum Gasteiger partial charge on any atom is -0.495 e. The number of hydrogen-bond donors (Lipinski definition) is 2. The zero-order valence-electron chi connectivity index (χ0n) is 15.9. The first kappa shape index (κ1) is 20.3. The van der Waals surface area contributed by atoms with Crippen LogP contribution >= 0.6 is 23.4 Å². The molecule has 0 aliphatic carbocycles. The highest BCUT2D eigenvalue weighted by Gasteiger charge is 2.10. The van der Waals surface area contributed by atoms with Crippen molar-refractivity contribution in [1.82, 2.24) is 4.98 Å². The molecule has 0 unspecified atom stereocenters. The predicted octanol–water partition coefficient (Wildman–Crippen LogP) is 4.68. The summed E-state index contributed by atoms with van der Waals surface area (Å²) in [6, 6.07) is 10.5. The number of carbonyl (C=O) groups excluding carboxylic acids is 1. The largest absolute Gasteiger partial charge is 0.495 e. The van der Waals surface area contributed by atoms with Crippen LogP contribution in [0.4, 0.5) is 5.69 Å². The number of anilines is 1. The molecule has 5 nitrogen and oxygen atoms in total. The highest BCUT2D eigenvalue weighted by Crippen LogP contribution is 2.28. The van der Waals surface area contributed by atoms with E-state index in [1.807, 2.05) is 26.0 Å². The lowest BCUT2D eigenvalue weighted by atomic mass is 10.0. The normalized spacial score (nSPS) is 10.9. The Hall–Kier alpha value is -2.44. The molecule has 1 aromatic heterocycles. The molecular formula is C21H21ClN2O3S. The van der Waals surface area contributed by atoms with Gasteiger partial charge < -0.3 is 15.0 Å². The number of methoxy groups -OCH3 is 1. The van der Waals surface area contributed by atoms with Gasteiger partial charge in [0.25, 0.3) is 0 Å². The zero-order chi connectivity index (χ0) is 20.3. The number of aromatic amines is 1. The standard InChI is InChI=1S/C21H21ClN2O3S/c1-12-4-6-16-18(25)9-15(23-21(16)13(12)2)10-28-11-20(26)24-17-8-14(22)5-7-19(17)27-3/h4-9H,10-11H2,1-3H3,(H,23,25)(H,24,26). The molecule has 2 aromatic carbocycles. The summed E-state index contributed by atoms with van der Waals surface area (Å²) < 4.78 is 5.23. The second-order valence-corrected chi connectivity index (χ2v) is 7.90. The van der Waals surface area contributed by atoms with Gasteiger partial charge in [0.05, 0.1) is 24.1 Å². The SMILES string of the molecule is COc1ccc(Cl)cc1NC(=O)CSCc1cc(=O)c2ccc(C)c(C)c2[nH]1. The Balaban J connectivity index is 1.67. The van der Waals surface area contributed by atoms with Crippen molar-refractivity contribution in [2.24, 2.45) is 0 Å². The number of H-pyrrole nitrogens is 1. The van der Waals surface area contributed by atoms with E-state index in [2.05, 4.69) is 10.3 Å². The topological polar surface area (TPSA) is 71.2 Å². The highest BCUT2D eigenvalue weighted by atomic mass is 35.5. The van der Waals surface area contributed by atoms with E-state index in [0.717, 1.165) is 22.3 Å². The van der Waals surface area contributed by atoms with E-state index in [4.69, 9.17) is 16.3 Å². The quantitative estimate of drug-likeness (QED) is 0.612. The van der Waals surface area contributed by atoms with Crippen molar-refractivity contribution in [3.05, 3.63) is 68.5 Å². The number of nitrogens with one attached hydrogen (secondary N) is 2. The molecule has 0 saturated heterocycles. The van der Waals surface area contributed by atoms with Gasteiger partial charge in [0.2, 0.25) is 5.91 Å². The van der Waals surface area contributed by atoms with Gasteiger partial charge in [-0.15, -0.1) is 11.8 Å². The molecule has 0 aliphatic rings. The summed E-state index contributed by atoms with van der Waals surface area (Å²) in [6.45, 7) is 4.01. The number of benzene rings is 2. The Labute approximate surface area is 172 Å². The fourth-order valence-corrected chi connectivity index (χ4v) is 3.82. The predicted molar refractivity (Wildman–Crippen MR) is 117 cm³/mol. The summed E-state index contributed by atoms with van der Waals surface area (Å²) in [5.41, 5.74) is 4.36. The monoisotopic (exact) mass is 416 g/mol. The van der Waals surface area contributed by atoms with Gasteiger partial charge in [-0.3, -0.25) is 9.59 Å². The summed E-state index contributed by atoms with van der Waals surface area (Å²) in [4.78, 5) is 28.0. The number of hydrogen-bond acceptors (Lipinski definition) is 4. The van der Waals surface area contributed by atoms with Crippen molar-refractivity contribution in [3.63, 3.8) is 0 Å². The first-order chi connectivity index (χ1) is 13.4. The second kappa shape index (κ2) is 8.71. The molecule has 0 fully saturated rings. The van der Waals surface area contributed by atoms with Crippen LogP contribution in [0.25, 0.3) is 10.9 Å². The summed E-state index contributed by atoms with van der Waals surface area (Å²) in [5.74, 6) is 1.15. The molecule has 0 spiro atoms. The summed E-state index contributed by atoms with van der Waals surface area (Å²) in [5, 5.41) is 4.00.